The molecule has 3 aliphatic rings. The largest absolute Gasteiger partial charge is 0.339 e. The molecule has 1 amide bonds. The van der Waals surface area contributed by atoms with Crippen LogP contribution in [0.1, 0.15) is 64.2 Å². The molecule has 122 valence electrons. The van der Waals surface area contributed by atoms with Crippen molar-refractivity contribution in [1.82, 2.24) is 4.90 Å². The molecule has 3 rings (SSSR count). The fraction of sp³-hybridized carbons (Fsp3) is 0.938. The van der Waals surface area contributed by atoms with E-state index in [1.54, 1.807) is 0 Å². The predicted molar refractivity (Wildman–Crippen MR) is 92.1 cm³/mol. The summed E-state index contributed by atoms with van der Waals surface area (Å²) in [5.41, 5.74) is 5.91. The van der Waals surface area contributed by atoms with Crippen LogP contribution < -0.4 is 5.73 Å². The van der Waals surface area contributed by atoms with Gasteiger partial charge in [0.05, 0.1) is 5.54 Å². The van der Waals surface area contributed by atoms with Gasteiger partial charge in [0.1, 0.15) is 0 Å². The topological polar surface area (TPSA) is 46.3 Å². The van der Waals surface area contributed by atoms with Crippen molar-refractivity contribution in [3.63, 3.8) is 0 Å². The monoisotopic (exact) mass is 332 g/mol. The lowest BCUT2D eigenvalue weighted by atomic mass is 9.81. The molecule has 2 N–H and O–H groups in total. The van der Waals surface area contributed by atoms with Crippen LogP contribution in [0.5, 0.6) is 0 Å². The molecule has 1 aliphatic heterocycles. The Morgan fingerprint density at radius 3 is 2.14 bits per heavy atom. The lowest BCUT2D eigenvalue weighted by Crippen LogP contribution is -2.60. The Bertz CT molecular complexity index is 360. The Morgan fingerprint density at radius 1 is 0.952 bits per heavy atom. The van der Waals surface area contributed by atoms with E-state index in [1.165, 1.54) is 38.5 Å². The number of hydrogen-bond donors (Lipinski definition) is 1. The molecule has 0 aromatic rings. The highest BCUT2D eigenvalue weighted by Gasteiger charge is 2.44. The maximum Gasteiger partial charge on any atom is 0.242 e. The highest BCUT2D eigenvalue weighted by Crippen LogP contribution is 2.43. The molecular formula is C16H29ClN2OS. The number of nitrogens with zero attached hydrogens (tertiary/aromatic N) is 1. The van der Waals surface area contributed by atoms with Gasteiger partial charge in [-0.2, -0.15) is 11.8 Å². The second-order valence-electron chi connectivity index (χ2n) is 7.04. The summed E-state index contributed by atoms with van der Waals surface area (Å²) in [6.07, 6.45) is 11.9. The molecule has 0 radical (unpaired) electrons. The third-order valence-electron chi connectivity index (χ3n) is 5.47. The average molecular weight is 333 g/mol. The van der Waals surface area contributed by atoms with Gasteiger partial charge in [0, 0.05) is 23.6 Å². The van der Waals surface area contributed by atoms with E-state index >= 15 is 0 Å². The summed E-state index contributed by atoms with van der Waals surface area (Å²) in [4.78, 5) is 15.0. The van der Waals surface area contributed by atoms with Crippen LogP contribution >= 0.6 is 24.2 Å². The highest BCUT2D eigenvalue weighted by atomic mass is 35.5. The number of carbonyl (C=O) groups excluding carboxylic acids is 1. The third kappa shape index (κ3) is 3.70. The van der Waals surface area contributed by atoms with Gasteiger partial charge in [-0.1, -0.05) is 38.5 Å². The first-order chi connectivity index (χ1) is 9.64. The predicted octanol–water partition coefficient (Wildman–Crippen LogP) is 3.35. The van der Waals surface area contributed by atoms with Crippen molar-refractivity contribution in [2.75, 3.05) is 18.8 Å². The lowest BCUT2D eigenvalue weighted by molar-refractivity contribution is -0.138. The Hall–Kier alpha value is 0.0700. The van der Waals surface area contributed by atoms with Gasteiger partial charge in [-0.15, -0.1) is 12.4 Å². The molecule has 21 heavy (non-hydrogen) atoms. The van der Waals surface area contributed by atoms with Gasteiger partial charge < -0.3 is 10.6 Å². The summed E-state index contributed by atoms with van der Waals surface area (Å²) in [6, 6.07) is 0. The zero-order chi connectivity index (χ0) is 14.1. The van der Waals surface area contributed by atoms with Crippen LogP contribution in [0.3, 0.4) is 0 Å². The summed E-state index contributed by atoms with van der Waals surface area (Å²) in [7, 11) is 0. The molecule has 3 nitrogen and oxygen atoms in total. The van der Waals surface area contributed by atoms with E-state index < -0.39 is 5.54 Å². The molecule has 0 atom stereocenters. The van der Waals surface area contributed by atoms with E-state index in [-0.39, 0.29) is 18.3 Å². The number of amides is 1. The Morgan fingerprint density at radius 2 is 1.52 bits per heavy atom. The van der Waals surface area contributed by atoms with Gasteiger partial charge in [-0.3, -0.25) is 4.79 Å². The second kappa shape index (κ2) is 7.10. The van der Waals surface area contributed by atoms with Gasteiger partial charge in [-0.05, 0) is 25.7 Å². The van der Waals surface area contributed by atoms with E-state index in [9.17, 15) is 4.79 Å². The second-order valence-corrected chi connectivity index (χ2v) is 8.60. The molecule has 5 heteroatoms. The Balaban J connectivity index is 0.00000161. The van der Waals surface area contributed by atoms with E-state index in [4.69, 9.17) is 5.73 Å². The van der Waals surface area contributed by atoms with Crippen LogP contribution in [-0.4, -0.2) is 39.9 Å². The molecule has 1 spiro atoms. The number of carbonyl (C=O) groups is 1. The van der Waals surface area contributed by atoms with Gasteiger partial charge in [0.25, 0.3) is 0 Å². The normalized spacial score (nSPS) is 28.0. The van der Waals surface area contributed by atoms with Crippen LogP contribution in [0.2, 0.25) is 0 Å². The fourth-order valence-electron chi connectivity index (χ4n) is 4.23. The minimum atomic E-state index is -0.546. The van der Waals surface area contributed by atoms with Crippen LogP contribution in [0.25, 0.3) is 0 Å². The van der Waals surface area contributed by atoms with E-state index in [2.05, 4.69) is 16.7 Å². The van der Waals surface area contributed by atoms with Crippen molar-refractivity contribution < 1.29 is 4.79 Å². The van der Waals surface area contributed by atoms with E-state index in [0.717, 1.165) is 44.5 Å². The van der Waals surface area contributed by atoms with Crippen molar-refractivity contribution in [2.24, 2.45) is 5.73 Å². The molecule has 0 bridgehead atoms. The molecule has 2 aliphatic carbocycles. The zero-order valence-corrected chi connectivity index (χ0v) is 14.6. The van der Waals surface area contributed by atoms with Crippen LogP contribution in [0.15, 0.2) is 0 Å². The first kappa shape index (κ1) is 17.4. The summed E-state index contributed by atoms with van der Waals surface area (Å²) >= 11 is 2.12. The van der Waals surface area contributed by atoms with Gasteiger partial charge in [0.15, 0.2) is 0 Å². The molecule has 0 unspecified atom stereocenters. The van der Waals surface area contributed by atoms with Crippen molar-refractivity contribution in [3.8, 4) is 0 Å². The number of thioether (sulfide) groups is 1. The standard InChI is InChI=1S/C16H28N2OS.ClH/c17-16(9-5-2-6-10-16)14(19)18-11-12-20-15(13-18)7-3-1-4-8-15;/h1-13,17H2;1H. The fourth-order valence-corrected chi connectivity index (χ4v) is 5.80. The SMILES string of the molecule is Cl.NC1(C(=O)N2CCSC3(CCCCC3)C2)CCCCC1. The van der Waals surface area contributed by atoms with Crippen LogP contribution in [-0.2, 0) is 4.79 Å². The summed E-state index contributed by atoms with van der Waals surface area (Å²) < 4.78 is 0.358. The summed E-state index contributed by atoms with van der Waals surface area (Å²) in [5, 5.41) is 0. The molecule has 2 saturated carbocycles. The van der Waals surface area contributed by atoms with Crippen molar-refractivity contribution in [2.45, 2.75) is 74.5 Å². The van der Waals surface area contributed by atoms with E-state index in [1.807, 2.05) is 0 Å². The van der Waals surface area contributed by atoms with Gasteiger partial charge in [0.2, 0.25) is 5.91 Å². The first-order valence-electron chi connectivity index (χ1n) is 8.36. The average Bonchev–Trinajstić information content (AvgIpc) is 2.48. The maximum absolute atomic E-state index is 12.9. The van der Waals surface area contributed by atoms with Crippen LogP contribution in [0.4, 0.5) is 0 Å². The third-order valence-corrected chi connectivity index (χ3v) is 7.01. The number of hydrogen-bond acceptors (Lipinski definition) is 3. The Labute approximate surface area is 139 Å². The van der Waals surface area contributed by atoms with E-state index in [0.29, 0.717) is 4.75 Å². The quantitative estimate of drug-likeness (QED) is 0.801. The lowest BCUT2D eigenvalue weighted by Gasteiger charge is -2.47. The molecular weight excluding hydrogens is 304 g/mol. The molecule has 0 aromatic heterocycles. The van der Waals surface area contributed by atoms with Crippen molar-refractivity contribution in [3.05, 3.63) is 0 Å². The van der Waals surface area contributed by atoms with Gasteiger partial charge >= 0.3 is 0 Å². The summed E-state index contributed by atoms with van der Waals surface area (Å²) in [6.45, 7) is 1.86. The minimum Gasteiger partial charge on any atom is -0.339 e. The zero-order valence-electron chi connectivity index (χ0n) is 12.9. The van der Waals surface area contributed by atoms with Crippen LogP contribution in [0, 0.1) is 0 Å². The summed E-state index contributed by atoms with van der Waals surface area (Å²) in [5.74, 6) is 1.35. The smallest absolute Gasteiger partial charge is 0.242 e. The maximum atomic E-state index is 12.9. The molecule has 3 fully saturated rings. The molecule has 1 heterocycles. The number of halogens is 1. The molecule has 0 aromatic carbocycles. The number of nitrogens with two attached hydrogens (primary N) is 1. The minimum absolute atomic E-state index is 0. The van der Waals surface area contributed by atoms with Crippen molar-refractivity contribution in [1.29, 1.82) is 0 Å². The Kier molecular flexibility index (Phi) is 5.89. The van der Waals surface area contributed by atoms with Crippen molar-refractivity contribution >= 4 is 30.1 Å². The van der Waals surface area contributed by atoms with Gasteiger partial charge in [-0.25, -0.2) is 0 Å². The number of rotatable bonds is 1. The molecule has 1 saturated heterocycles. The highest BCUT2D eigenvalue weighted by molar-refractivity contribution is 8.00. The first-order valence-corrected chi connectivity index (χ1v) is 9.35.